The Balaban J connectivity index is 1.93. The van der Waals surface area contributed by atoms with Crippen LogP contribution >= 0.6 is 0 Å². The molecule has 0 atom stereocenters. The zero-order valence-electron chi connectivity index (χ0n) is 12.7. The zero-order valence-corrected chi connectivity index (χ0v) is 12.7. The van der Waals surface area contributed by atoms with Crippen molar-refractivity contribution >= 4 is 10.9 Å². The molecule has 1 aromatic heterocycles. The van der Waals surface area contributed by atoms with Gasteiger partial charge in [-0.2, -0.15) is 0 Å². The van der Waals surface area contributed by atoms with Crippen molar-refractivity contribution in [2.75, 3.05) is 20.2 Å². The summed E-state index contributed by atoms with van der Waals surface area (Å²) < 4.78 is 5.63. The van der Waals surface area contributed by atoms with E-state index in [1.54, 1.807) is 7.11 Å². The molecule has 2 aromatic rings. The van der Waals surface area contributed by atoms with Gasteiger partial charge in [-0.05, 0) is 56.5 Å². The number of likely N-dealkylation sites (tertiary alicyclic amines) is 1. The topological polar surface area (TPSA) is 28.3 Å². The monoisotopic (exact) mass is 272 g/mol. The van der Waals surface area contributed by atoms with E-state index in [4.69, 9.17) is 4.74 Å². The van der Waals surface area contributed by atoms with Gasteiger partial charge in [-0.25, -0.2) is 0 Å². The van der Waals surface area contributed by atoms with Crippen molar-refractivity contribution in [3.05, 3.63) is 29.5 Å². The number of piperidine rings is 1. The normalized spacial score (nSPS) is 17.8. The van der Waals surface area contributed by atoms with E-state index in [9.17, 15) is 0 Å². The molecule has 0 radical (unpaired) electrons. The number of nitrogens with zero attached hydrogens (tertiary/aromatic N) is 1. The average Bonchev–Trinajstić information content (AvgIpc) is 2.94. The number of aromatic amines is 1. The van der Waals surface area contributed by atoms with E-state index in [0.717, 1.165) is 18.2 Å². The van der Waals surface area contributed by atoms with E-state index in [2.05, 4.69) is 35.9 Å². The zero-order chi connectivity index (χ0) is 14.1. The number of nitrogens with one attached hydrogen (secondary N) is 1. The molecule has 1 aliphatic heterocycles. The number of hydrogen-bond donors (Lipinski definition) is 1. The number of fused-ring (bicyclic) bond motifs is 1. The van der Waals surface area contributed by atoms with E-state index < -0.39 is 0 Å². The predicted octanol–water partition coefficient (Wildman–Crippen LogP) is 3.72. The Labute approximate surface area is 120 Å². The fourth-order valence-electron chi connectivity index (χ4n) is 3.22. The van der Waals surface area contributed by atoms with Gasteiger partial charge in [0.25, 0.3) is 0 Å². The summed E-state index contributed by atoms with van der Waals surface area (Å²) in [4.78, 5) is 5.90. The van der Waals surface area contributed by atoms with Crippen molar-refractivity contribution < 1.29 is 4.74 Å². The lowest BCUT2D eigenvalue weighted by molar-refractivity contribution is 0.184. The minimum absolute atomic E-state index is 0.874. The molecule has 1 aliphatic rings. The second-order valence-corrected chi connectivity index (χ2v) is 6.10. The SMILES string of the molecule is COc1cc(C)c2[nH]ccc2c1CN1CCC(C)CC1. The Morgan fingerprint density at radius 1 is 1.35 bits per heavy atom. The van der Waals surface area contributed by atoms with Crippen LogP contribution in [0.15, 0.2) is 18.3 Å². The molecule has 3 heteroatoms. The predicted molar refractivity (Wildman–Crippen MR) is 83.3 cm³/mol. The number of ether oxygens (including phenoxy) is 1. The van der Waals surface area contributed by atoms with Gasteiger partial charge in [0.15, 0.2) is 0 Å². The fourth-order valence-corrected chi connectivity index (χ4v) is 3.22. The molecule has 1 aromatic carbocycles. The largest absolute Gasteiger partial charge is 0.496 e. The first kappa shape index (κ1) is 13.5. The van der Waals surface area contributed by atoms with Crippen LogP contribution in [0, 0.1) is 12.8 Å². The van der Waals surface area contributed by atoms with Crippen LogP contribution < -0.4 is 4.74 Å². The van der Waals surface area contributed by atoms with Gasteiger partial charge in [0.1, 0.15) is 5.75 Å². The number of aromatic nitrogens is 1. The summed E-state index contributed by atoms with van der Waals surface area (Å²) >= 11 is 0. The molecular formula is C17H24N2O. The first-order chi connectivity index (χ1) is 9.69. The fraction of sp³-hybridized carbons (Fsp3) is 0.529. The molecule has 0 saturated carbocycles. The molecular weight excluding hydrogens is 248 g/mol. The molecule has 0 spiro atoms. The maximum atomic E-state index is 5.63. The van der Waals surface area contributed by atoms with E-state index in [1.165, 1.54) is 48.0 Å². The number of benzene rings is 1. The molecule has 1 N–H and O–H groups in total. The van der Waals surface area contributed by atoms with Gasteiger partial charge in [0.05, 0.1) is 7.11 Å². The van der Waals surface area contributed by atoms with Crippen LogP contribution in [-0.2, 0) is 6.54 Å². The van der Waals surface area contributed by atoms with Crippen LogP contribution in [0.5, 0.6) is 5.75 Å². The van der Waals surface area contributed by atoms with Gasteiger partial charge in [0.2, 0.25) is 0 Å². The highest BCUT2D eigenvalue weighted by Gasteiger charge is 2.19. The number of rotatable bonds is 3. The smallest absolute Gasteiger partial charge is 0.124 e. The molecule has 2 heterocycles. The molecule has 108 valence electrons. The van der Waals surface area contributed by atoms with E-state index in [-0.39, 0.29) is 0 Å². The van der Waals surface area contributed by atoms with Crippen molar-refractivity contribution in [2.24, 2.45) is 5.92 Å². The Bertz CT molecular complexity index is 594. The highest BCUT2D eigenvalue weighted by Crippen LogP contribution is 2.32. The van der Waals surface area contributed by atoms with Crippen molar-refractivity contribution in [1.82, 2.24) is 9.88 Å². The van der Waals surface area contributed by atoms with Crippen LogP contribution in [0.3, 0.4) is 0 Å². The lowest BCUT2D eigenvalue weighted by Crippen LogP contribution is -2.32. The maximum Gasteiger partial charge on any atom is 0.124 e. The van der Waals surface area contributed by atoms with Crippen molar-refractivity contribution in [3.63, 3.8) is 0 Å². The van der Waals surface area contributed by atoms with Gasteiger partial charge in [-0.1, -0.05) is 6.92 Å². The van der Waals surface area contributed by atoms with Crippen LogP contribution in [0.4, 0.5) is 0 Å². The summed E-state index contributed by atoms with van der Waals surface area (Å²) in [6.07, 6.45) is 4.65. The lowest BCUT2D eigenvalue weighted by Gasteiger charge is -2.30. The summed E-state index contributed by atoms with van der Waals surface area (Å²) in [6, 6.07) is 4.33. The molecule has 20 heavy (non-hydrogen) atoms. The summed E-state index contributed by atoms with van der Waals surface area (Å²) in [5.41, 5.74) is 3.81. The Morgan fingerprint density at radius 3 is 2.80 bits per heavy atom. The second-order valence-electron chi connectivity index (χ2n) is 6.10. The van der Waals surface area contributed by atoms with Gasteiger partial charge < -0.3 is 9.72 Å². The quantitative estimate of drug-likeness (QED) is 0.922. The van der Waals surface area contributed by atoms with Crippen LogP contribution in [0.2, 0.25) is 0 Å². The van der Waals surface area contributed by atoms with Gasteiger partial charge in [-0.15, -0.1) is 0 Å². The Hall–Kier alpha value is -1.48. The van der Waals surface area contributed by atoms with E-state index >= 15 is 0 Å². The van der Waals surface area contributed by atoms with Crippen molar-refractivity contribution in [3.8, 4) is 5.75 Å². The Kier molecular flexibility index (Phi) is 3.70. The molecule has 0 unspecified atom stereocenters. The molecule has 3 rings (SSSR count). The van der Waals surface area contributed by atoms with Gasteiger partial charge in [0, 0.05) is 29.2 Å². The van der Waals surface area contributed by atoms with Crippen molar-refractivity contribution in [1.29, 1.82) is 0 Å². The summed E-state index contributed by atoms with van der Waals surface area (Å²) in [5.74, 6) is 1.90. The third-order valence-electron chi connectivity index (χ3n) is 4.59. The average molecular weight is 272 g/mol. The van der Waals surface area contributed by atoms with Gasteiger partial charge >= 0.3 is 0 Å². The summed E-state index contributed by atoms with van der Waals surface area (Å²) in [6.45, 7) is 7.88. The Morgan fingerprint density at radius 2 is 2.10 bits per heavy atom. The van der Waals surface area contributed by atoms with E-state index in [1.807, 2.05) is 6.20 Å². The molecule has 1 fully saturated rings. The highest BCUT2D eigenvalue weighted by molar-refractivity contribution is 5.88. The molecule has 0 amide bonds. The maximum absolute atomic E-state index is 5.63. The standard InChI is InChI=1S/C17H24N2O/c1-12-5-8-19(9-6-12)11-15-14-4-7-18-17(14)13(2)10-16(15)20-3/h4,7,10,12,18H,5-6,8-9,11H2,1-3H3. The second kappa shape index (κ2) is 5.49. The molecule has 1 saturated heterocycles. The number of hydrogen-bond acceptors (Lipinski definition) is 2. The molecule has 0 aliphatic carbocycles. The number of methoxy groups -OCH3 is 1. The highest BCUT2D eigenvalue weighted by atomic mass is 16.5. The third kappa shape index (κ3) is 2.42. The van der Waals surface area contributed by atoms with Gasteiger partial charge in [-0.3, -0.25) is 4.90 Å². The van der Waals surface area contributed by atoms with E-state index in [0.29, 0.717) is 0 Å². The van der Waals surface area contributed by atoms with Crippen LogP contribution in [0.25, 0.3) is 10.9 Å². The first-order valence-corrected chi connectivity index (χ1v) is 7.55. The summed E-state index contributed by atoms with van der Waals surface area (Å²) in [7, 11) is 1.77. The minimum atomic E-state index is 0.874. The lowest BCUT2D eigenvalue weighted by atomic mass is 9.98. The number of H-pyrrole nitrogens is 1. The molecule has 3 nitrogen and oxygen atoms in total. The first-order valence-electron chi connectivity index (χ1n) is 7.55. The molecule has 0 bridgehead atoms. The number of aryl methyl sites for hydroxylation is 1. The third-order valence-corrected chi connectivity index (χ3v) is 4.59. The van der Waals surface area contributed by atoms with Crippen LogP contribution in [-0.4, -0.2) is 30.1 Å². The van der Waals surface area contributed by atoms with Crippen LogP contribution in [0.1, 0.15) is 30.9 Å². The minimum Gasteiger partial charge on any atom is -0.496 e. The van der Waals surface area contributed by atoms with Crippen molar-refractivity contribution in [2.45, 2.75) is 33.2 Å². The summed E-state index contributed by atoms with van der Waals surface area (Å²) in [5, 5.41) is 1.31.